The number of hydrogen-bond acceptors (Lipinski definition) is 5. The summed E-state index contributed by atoms with van der Waals surface area (Å²) < 4.78 is 1.49. The number of carboxylic acids is 1. The van der Waals surface area contributed by atoms with Crippen LogP contribution in [-0.2, 0) is 6.54 Å². The summed E-state index contributed by atoms with van der Waals surface area (Å²) in [6.45, 7) is 0.343. The van der Waals surface area contributed by atoms with Crippen LogP contribution in [0.2, 0.25) is 0 Å². The van der Waals surface area contributed by atoms with Gasteiger partial charge >= 0.3 is 5.97 Å². The fraction of sp³-hybridized carbons (Fsp3) is 0.0833. The number of thiophene rings is 2. The molecule has 3 rings (SSSR count). The second-order valence-electron chi connectivity index (χ2n) is 3.89. The van der Waals surface area contributed by atoms with E-state index >= 15 is 0 Å². The largest absolute Gasteiger partial charge is 0.477 e. The van der Waals surface area contributed by atoms with E-state index in [-0.39, 0.29) is 10.4 Å². The lowest BCUT2D eigenvalue weighted by Gasteiger charge is -2.02. The highest BCUT2D eigenvalue weighted by Gasteiger charge is 2.09. The van der Waals surface area contributed by atoms with Gasteiger partial charge in [-0.25, -0.2) is 9.78 Å². The molecule has 0 atom stereocenters. The van der Waals surface area contributed by atoms with Crippen LogP contribution in [0.25, 0.3) is 10.2 Å². The van der Waals surface area contributed by atoms with E-state index in [0.717, 1.165) is 9.71 Å². The molecule has 0 bridgehead atoms. The van der Waals surface area contributed by atoms with Crippen LogP contribution in [0, 0.1) is 0 Å². The lowest BCUT2D eigenvalue weighted by molar-refractivity contribution is 0.0702. The van der Waals surface area contributed by atoms with Gasteiger partial charge < -0.3 is 5.11 Å². The molecule has 0 radical (unpaired) electrons. The molecule has 0 saturated carbocycles. The summed E-state index contributed by atoms with van der Waals surface area (Å²) >= 11 is 2.59. The Labute approximate surface area is 115 Å². The maximum atomic E-state index is 12.2. The summed E-state index contributed by atoms with van der Waals surface area (Å²) in [5.74, 6) is -0.949. The highest BCUT2D eigenvalue weighted by molar-refractivity contribution is 7.16. The Kier molecular flexibility index (Phi) is 2.92. The number of fused-ring (bicyclic) bond motifs is 1. The minimum absolute atomic E-state index is 0.100. The zero-order chi connectivity index (χ0) is 13.4. The Morgan fingerprint density at radius 3 is 2.95 bits per heavy atom. The van der Waals surface area contributed by atoms with Crippen molar-refractivity contribution in [1.29, 1.82) is 0 Å². The summed E-state index contributed by atoms with van der Waals surface area (Å²) in [5, 5.41) is 11.3. The van der Waals surface area contributed by atoms with Crippen molar-refractivity contribution in [2.24, 2.45) is 0 Å². The third-order valence-corrected chi connectivity index (χ3v) is 4.53. The van der Waals surface area contributed by atoms with Gasteiger partial charge in [-0.1, -0.05) is 0 Å². The van der Waals surface area contributed by atoms with Gasteiger partial charge in [0.05, 0.1) is 18.3 Å². The lowest BCUT2D eigenvalue weighted by atomic mass is 10.4. The van der Waals surface area contributed by atoms with Crippen molar-refractivity contribution in [1.82, 2.24) is 9.55 Å². The molecule has 19 heavy (non-hydrogen) atoms. The number of aromatic carboxylic acids is 1. The van der Waals surface area contributed by atoms with E-state index in [9.17, 15) is 9.59 Å². The molecule has 0 saturated heterocycles. The van der Waals surface area contributed by atoms with Crippen LogP contribution < -0.4 is 5.56 Å². The Morgan fingerprint density at radius 1 is 1.37 bits per heavy atom. The van der Waals surface area contributed by atoms with Gasteiger partial charge in [-0.2, -0.15) is 0 Å². The van der Waals surface area contributed by atoms with E-state index in [2.05, 4.69) is 4.98 Å². The second kappa shape index (κ2) is 4.60. The monoisotopic (exact) mass is 292 g/mol. The maximum absolute atomic E-state index is 12.2. The molecule has 3 aromatic heterocycles. The summed E-state index contributed by atoms with van der Waals surface area (Å²) in [6, 6.07) is 5.02. The Hall–Kier alpha value is -1.99. The molecule has 0 aromatic carbocycles. The van der Waals surface area contributed by atoms with Crippen LogP contribution in [0.15, 0.2) is 34.7 Å². The first-order valence-electron chi connectivity index (χ1n) is 5.40. The zero-order valence-corrected chi connectivity index (χ0v) is 11.2. The first-order valence-corrected chi connectivity index (χ1v) is 7.09. The smallest absolute Gasteiger partial charge is 0.345 e. The van der Waals surface area contributed by atoms with Crippen molar-refractivity contribution in [3.63, 3.8) is 0 Å². The standard InChI is InChI=1S/C12H8N2O3S2/c15-11-8-3-4-18-10(8)13-6-14(11)5-7-1-2-9(19-7)12(16)17/h1-4,6H,5H2,(H,16,17). The van der Waals surface area contributed by atoms with Crippen LogP contribution in [0.4, 0.5) is 0 Å². The van der Waals surface area contributed by atoms with E-state index in [4.69, 9.17) is 5.11 Å². The summed E-state index contributed by atoms with van der Waals surface area (Å²) in [6.07, 6.45) is 1.50. The van der Waals surface area contributed by atoms with Gasteiger partial charge in [-0.15, -0.1) is 22.7 Å². The Bertz CT molecular complexity index is 816. The van der Waals surface area contributed by atoms with Crippen molar-refractivity contribution in [2.75, 3.05) is 0 Å². The first-order chi connectivity index (χ1) is 9.15. The van der Waals surface area contributed by atoms with Gasteiger partial charge in [0, 0.05) is 4.88 Å². The van der Waals surface area contributed by atoms with Gasteiger partial charge in [-0.3, -0.25) is 9.36 Å². The molecule has 0 aliphatic carbocycles. The average Bonchev–Trinajstić information content (AvgIpc) is 3.01. The average molecular weight is 292 g/mol. The number of rotatable bonds is 3. The van der Waals surface area contributed by atoms with E-state index in [1.165, 1.54) is 33.6 Å². The summed E-state index contributed by atoms with van der Waals surface area (Å²) in [5.41, 5.74) is -0.100. The predicted octanol–water partition coefficient (Wildman–Crippen LogP) is 2.27. The molecule has 5 nitrogen and oxygen atoms in total. The van der Waals surface area contributed by atoms with Crippen molar-refractivity contribution < 1.29 is 9.90 Å². The van der Waals surface area contributed by atoms with Crippen molar-refractivity contribution in [2.45, 2.75) is 6.54 Å². The first kappa shape index (κ1) is 12.1. The number of nitrogens with zero attached hydrogens (tertiary/aromatic N) is 2. The molecule has 0 spiro atoms. The number of hydrogen-bond donors (Lipinski definition) is 1. The predicted molar refractivity (Wildman–Crippen MR) is 74.3 cm³/mol. The number of carbonyl (C=O) groups is 1. The fourth-order valence-electron chi connectivity index (χ4n) is 1.75. The lowest BCUT2D eigenvalue weighted by Crippen LogP contribution is -2.19. The molecule has 0 fully saturated rings. The van der Waals surface area contributed by atoms with Crippen molar-refractivity contribution in [3.05, 3.63) is 50.0 Å². The topological polar surface area (TPSA) is 72.2 Å². The van der Waals surface area contributed by atoms with Crippen molar-refractivity contribution >= 4 is 38.9 Å². The molecule has 3 aromatic rings. The molecule has 96 valence electrons. The van der Waals surface area contributed by atoms with Crippen LogP contribution >= 0.6 is 22.7 Å². The highest BCUT2D eigenvalue weighted by Crippen LogP contribution is 2.18. The molecule has 0 aliphatic heterocycles. The summed E-state index contributed by atoms with van der Waals surface area (Å²) in [7, 11) is 0. The van der Waals surface area contributed by atoms with Gasteiger partial charge in [0.15, 0.2) is 0 Å². The minimum Gasteiger partial charge on any atom is -0.477 e. The van der Waals surface area contributed by atoms with Crippen LogP contribution in [0.1, 0.15) is 14.5 Å². The second-order valence-corrected chi connectivity index (χ2v) is 5.95. The number of aromatic nitrogens is 2. The van der Waals surface area contributed by atoms with E-state index in [1.807, 2.05) is 5.38 Å². The third kappa shape index (κ3) is 2.18. The quantitative estimate of drug-likeness (QED) is 0.803. The van der Waals surface area contributed by atoms with Gasteiger partial charge in [0.1, 0.15) is 9.71 Å². The van der Waals surface area contributed by atoms with E-state index in [1.54, 1.807) is 18.2 Å². The van der Waals surface area contributed by atoms with Crippen molar-refractivity contribution in [3.8, 4) is 0 Å². The van der Waals surface area contributed by atoms with Gasteiger partial charge in [0.2, 0.25) is 0 Å². The van der Waals surface area contributed by atoms with E-state index in [0.29, 0.717) is 11.9 Å². The minimum atomic E-state index is -0.949. The molecule has 3 heterocycles. The molecular weight excluding hydrogens is 284 g/mol. The van der Waals surface area contributed by atoms with Crippen LogP contribution in [0.5, 0.6) is 0 Å². The van der Waals surface area contributed by atoms with Gasteiger partial charge in [0.25, 0.3) is 5.56 Å². The molecule has 0 amide bonds. The summed E-state index contributed by atoms with van der Waals surface area (Å²) in [4.78, 5) is 29.0. The van der Waals surface area contributed by atoms with Crippen LogP contribution in [0.3, 0.4) is 0 Å². The fourth-order valence-corrected chi connectivity index (χ4v) is 3.32. The Morgan fingerprint density at radius 2 is 2.21 bits per heavy atom. The Balaban J connectivity index is 1.98. The molecule has 0 unspecified atom stereocenters. The zero-order valence-electron chi connectivity index (χ0n) is 9.57. The maximum Gasteiger partial charge on any atom is 0.345 e. The molecule has 1 N–H and O–H groups in total. The van der Waals surface area contributed by atoms with Gasteiger partial charge in [-0.05, 0) is 23.6 Å². The SMILES string of the molecule is O=C(O)c1ccc(Cn2cnc3sccc3c2=O)s1. The number of carboxylic acid groups (broad SMARTS) is 1. The third-order valence-electron chi connectivity index (χ3n) is 2.65. The highest BCUT2D eigenvalue weighted by atomic mass is 32.1. The van der Waals surface area contributed by atoms with E-state index < -0.39 is 5.97 Å². The molecule has 7 heteroatoms. The van der Waals surface area contributed by atoms with Crippen LogP contribution in [-0.4, -0.2) is 20.6 Å². The normalized spacial score (nSPS) is 10.9. The molecule has 0 aliphatic rings. The molecular formula is C12H8N2O3S2.